The van der Waals surface area contributed by atoms with E-state index in [1.54, 1.807) is 4.90 Å². The summed E-state index contributed by atoms with van der Waals surface area (Å²) < 4.78 is 7.49. The Morgan fingerprint density at radius 2 is 2.04 bits per heavy atom. The number of amidine groups is 1. The van der Waals surface area contributed by atoms with E-state index >= 15 is 0 Å². The molecule has 6 heteroatoms. The Morgan fingerprint density at radius 1 is 1.22 bits per heavy atom. The summed E-state index contributed by atoms with van der Waals surface area (Å²) in [6.07, 6.45) is 0. The van der Waals surface area contributed by atoms with Crippen molar-refractivity contribution in [2.24, 2.45) is 7.05 Å². The third kappa shape index (κ3) is 2.83. The Kier molecular flexibility index (Phi) is 4.11. The smallest absolute Gasteiger partial charge is 0.148 e. The van der Waals surface area contributed by atoms with E-state index in [2.05, 4.69) is 4.98 Å². The summed E-state index contributed by atoms with van der Waals surface area (Å²) in [5.41, 5.74) is 4.23. The lowest BCUT2D eigenvalue weighted by atomic mass is 10.2. The quantitative estimate of drug-likeness (QED) is 0.734. The highest BCUT2D eigenvalue weighted by atomic mass is 16.5. The molecule has 138 valence electrons. The summed E-state index contributed by atoms with van der Waals surface area (Å²) in [4.78, 5) is 6.45. The number of hydrogen-bond acceptors (Lipinski definition) is 4. The van der Waals surface area contributed by atoms with Gasteiger partial charge in [-0.3, -0.25) is 5.41 Å². The fourth-order valence-electron chi connectivity index (χ4n) is 3.48. The molecule has 2 aromatic carbocycles. The lowest BCUT2D eigenvalue weighted by Crippen LogP contribution is -2.26. The number of imidazole rings is 1. The lowest BCUT2D eigenvalue weighted by Gasteiger charge is -2.19. The van der Waals surface area contributed by atoms with Crippen molar-refractivity contribution in [2.75, 3.05) is 18.1 Å². The summed E-state index contributed by atoms with van der Waals surface area (Å²) in [5.74, 6) is 1.73. The molecule has 0 bridgehead atoms. The van der Waals surface area contributed by atoms with Crippen molar-refractivity contribution < 1.29 is 9.84 Å². The van der Waals surface area contributed by atoms with Crippen molar-refractivity contribution >= 4 is 28.1 Å². The van der Waals surface area contributed by atoms with Gasteiger partial charge in [-0.2, -0.15) is 0 Å². The van der Waals surface area contributed by atoms with Crippen molar-refractivity contribution in [3.63, 3.8) is 0 Å². The summed E-state index contributed by atoms with van der Waals surface area (Å²) in [5, 5.41) is 19.3. The number of hydrogen-bond donors (Lipinski definition) is 2. The van der Waals surface area contributed by atoms with Crippen LogP contribution in [0.5, 0.6) is 5.75 Å². The van der Waals surface area contributed by atoms with Gasteiger partial charge in [0.05, 0.1) is 29.8 Å². The first kappa shape index (κ1) is 17.1. The molecule has 2 N–H and O–H groups in total. The second-order valence-corrected chi connectivity index (χ2v) is 6.67. The number of anilines is 1. The first-order valence-electron chi connectivity index (χ1n) is 8.94. The van der Waals surface area contributed by atoms with Crippen molar-refractivity contribution in [1.82, 2.24) is 9.55 Å². The second kappa shape index (κ2) is 6.46. The zero-order valence-corrected chi connectivity index (χ0v) is 15.7. The van der Waals surface area contributed by atoms with Crippen LogP contribution >= 0.6 is 0 Å². The molecule has 0 saturated carbocycles. The van der Waals surface area contributed by atoms with Gasteiger partial charge in [-0.15, -0.1) is 0 Å². The van der Waals surface area contributed by atoms with Crippen LogP contribution < -0.4 is 9.64 Å². The van der Waals surface area contributed by atoms with E-state index in [-0.39, 0.29) is 18.1 Å². The maximum atomic E-state index is 10.6. The van der Waals surface area contributed by atoms with Crippen LogP contribution in [0.15, 0.2) is 48.2 Å². The molecule has 3 aromatic rings. The fraction of sp³-hybridized carbons (Fsp3) is 0.238. The molecule has 0 spiro atoms. The van der Waals surface area contributed by atoms with Gasteiger partial charge in [0.1, 0.15) is 23.2 Å². The largest absolute Gasteiger partial charge is 0.509 e. The number of aromatic nitrogens is 2. The molecular formula is C21H22N4O2. The second-order valence-electron chi connectivity index (χ2n) is 6.67. The molecule has 1 aliphatic heterocycles. The number of aliphatic hydroxyl groups is 1. The topological polar surface area (TPSA) is 74.4 Å². The highest BCUT2D eigenvalue weighted by molar-refractivity contribution is 6.30. The van der Waals surface area contributed by atoms with Gasteiger partial charge in [0.15, 0.2) is 0 Å². The Bertz CT molecular complexity index is 1080. The van der Waals surface area contributed by atoms with E-state index < -0.39 is 0 Å². The Balaban J connectivity index is 1.73. The molecular weight excluding hydrogens is 340 g/mol. The average molecular weight is 362 g/mol. The van der Waals surface area contributed by atoms with Gasteiger partial charge >= 0.3 is 0 Å². The van der Waals surface area contributed by atoms with E-state index in [0.717, 1.165) is 28.0 Å². The minimum absolute atomic E-state index is 0.150. The molecule has 0 aliphatic carbocycles. The van der Waals surface area contributed by atoms with E-state index in [1.807, 2.05) is 67.9 Å². The monoisotopic (exact) mass is 362 g/mol. The minimum atomic E-state index is 0.150. The third-order valence-corrected chi connectivity index (χ3v) is 4.80. The van der Waals surface area contributed by atoms with Gasteiger partial charge in [0.2, 0.25) is 0 Å². The molecule has 0 amide bonds. The Labute approximate surface area is 157 Å². The van der Waals surface area contributed by atoms with Crippen LogP contribution in [0.25, 0.3) is 16.6 Å². The average Bonchev–Trinajstić information content (AvgIpc) is 3.11. The number of aliphatic hydroxyl groups excluding tert-OH is 1. The first-order chi connectivity index (χ1) is 13.0. The third-order valence-electron chi connectivity index (χ3n) is 4.80. The number of ether oxygens (including phenoxy) is 1. The standard InChI is InChI=1S/C21H22N4O2/c1-4-27-15-7-5-6-14(11-15)25-12-18(26)19(20(25)22)21-23-16-10-13(2)8-9-17(16)24(21)3/h5-11,22,26H,4,12H2,1-3H3. The number of fused-ring (bicyclic) bond motifs is 1. The normalized spacial score (nSPS) is 14.5. The highest BCUT2D eigenvalue weighted by Crippen LogP contribution is 2.33. The van der Waals surface area contributed by atoms with Crippen molar-refractivity contribution in [1.29, 1.82) is 5.41 Å². The van der Waals surface area contributed by atoms with Crippen molar-refractivity contribution in [3.05, 3.63) is 59.6 Å². The van der Waals surface area contributed by atoms with Crippen molar-refractivity contribution in [2.45, 2.75) is 13.8 Å². The lowest BCUT2D eigenvalue weighted by molar-refractivity contribution is 0.340. The van der Waals surface area contributed by atoms with Gasteiger partial charge in [0, 0.05) is 18.8 Å². The number of nitrogens with one attached hydrogen (secondary N) is 1. The SMILES string of the molecule is CCOc1cccc(N2CC(O)=C(c3nc4cc(C)ccc4n3C)C2=N)c1. The van der Waals surface area contributed by atoms with Crippen LogP contribution in [0.3, 0.4) is 0 Å². The molecule has 0 saturated heterocycles. The minimum Gasteiger partial charge on any atom is -0.509 e. The van der Waals surface area contributed by atoms with Crippen molar-refractivity contribution in [3.8, 4) is 5.75 Å². The zero-order valence-electron chi connectivity index (χ0n) is 15.7. The van der Waals surface area contributed by atoms with Crippen LogP contribution in [-0.2, 0) is 7.05 Å². The molecule has 0 unspecified atom stereocenters. The Morgan fingerprint density at radius 3 is 2.81 bits per heavy atom. The zero-order chi connectivity index (χ0) is 19.1. The Hall–Kier alpha value is -3.28. The maximum absolute atomic E-state index is 10.6. The summed E-state index contributed by atoms with van der Waals surface area (Å²) >= 11 is 0. The summed E-state index contributed by atoms with van der Waals surface area (Å²) in [6.45, 7) is 4.78. The summed E-state index contributed by atoms with van der Waals surface area (Å²) in [7, 11) is 1.91. The molecule has 1 aromatic heterocycles. The van der Waals surface area contributed by atoms with Crippen LogP contribution in [0.1, 0.15) is 18.3 Å². The van der Waals surface area contributed by atoms with Crippen LogP contribution in [0, 0.1) is 12.3 Å². The van der Waals surface area contributed by atoms with Gasteiger partial charge < -0.3 is 19.3 Å². The van der Waals surface area contributed by atoms with Crippen LogP contribution in [0.4, 0.5) is 5.69 Å². The molecule has 1 aliphatic rings. The van der Waals surface area contributed by atoms with E-state index in [4.69, 9.17) is 10.1 Å². The predicted molar refractivity (Wildman–Crippen MR) is 108 cm³/mol. The van der Waals surface area contributed by atoms with Gasteiger partial charge in [0.25, 0.3) is 0 Å². The molecule has 6 nitrogen and oxygen atoms in total. The van der Waals surface area contributed by atoms with E-state index in [0.29, 0.717) is 18.0 Å². The number of rotatable bonds is 4. The van der Waals surface area contributed by atoms with E-state index in [1.165, 1.54) is 0 Å². The van der Waals surface area contributed by atoms with Crippen LogP contribution in [0.2, 0.25) is 0 Å². The van der Waals surface area contributed by atoms with Crippen LogP contribution in [-0.4, -0.2) is 33.6 Å². The molecule has 0 atom stereocenters. The number of aryl methyl sites for hydroxylation is 2. The van der Waals surface area contributed by atoms with E-state index in [9.17, 15) is 5.11 Å². The number of nitrogens with zero attached hydrogens (tertiary/aromatic N) is 3. The molecule has 4 rings (SSSR count). The van der Waals surface area contributed by atoms with Gasteiger partial charge in [-0.25, -0.2) is 4.98 Å². The first-order valence-corrected chi connectivity index (χ1v) is 8.94. The molecule has 0 fully saturated rings. The molecule has 27 heavy (non-hydrogen) atoms. The highest BCUT2D eigenvalue weighted by Gasteiger charge is 2.32. The molecule has 2 heterocycles. The van der Waals surface area contributed by atoms with Gasteiger partial charge in [-0.05, 0) is 43.7 Å². The summed E-state index contributed by atoms with van der Waals surface area (Å²) in [6, 6.07) is 13.6. The molecule has 0 radical (unpaired) electrons. The maximum Gasteiger partial charge on any atom is 0.148 e. The van der Waals surface area contributed by atoms with Gasteiger partial charge in [-0.1, -0.05) is 12.1 Å². The predicted octanol–water partition coefficient (Wildman–Crippen LogP) is 4.05. The fourth-order valence-corrected chi connectivity index (χ4v) is 3.48. The number of benzene rings is 2.